The Morgan fingerprint density at radius 3 is 2.64 bits per heavy atom. The number of carbonyl (C=O) groups is 2. The Labute approximate surface area is 133 Å². The Morgan fingerprint density at radius 1 is 1.32 bits per heavy atom. The van der Waals surface area contributed by atoms with Gasteiger partial charge < -0.3 is 9.88 Å². The smallest absolute Gasteiger partial charge is 0.321 e. The Bertz CT molecular complexity index is 642. The van der Waals surface area contributed by atoms with Crippen molar-refractivity contribution in [2.24, 2.45) is 7.05 Å². The highest BCUT2D eigenvalue weighted by atomic mass is 32.2. The second-order valence-electron chi connectivity index (χ2n) is 4.58. The van der Waals surface area contributed by atoms with Crippen molar-refractivity contribution in [2.45, 2.75) is 17.3 Å². The van der Waals surface area contributed by atoms with Crippen molar-refractivity contribution in [2.75, 3.05) is 6.54 Å². The molecular weight excluding hydrogens is 300 g/mol. The van der Waals surface area contributed by atoms with E-state index >= 15 is 0 Å². The third-order valence-corrected chi connectivity index (χ3v) is 4.24. The van der Waals surface area contributed by atoms with Gasteiger partial charge in [0.25, 0.3) is 0 Å². The largest absolute Gasteiger partial charge is 0.338 e. The van der Waals surface area contributed by atoms with Crippen molar-refractivity contribution in [1.29, 1.82) is 0 Å². The molecule has 1 heterocycles. The van der Waals surface area contributed by atoms with E-state index < -0.39 is 11.3 Å². The lowest BCUT2D eigenvalue weighted by Crippen LogP contribution is -2.41. The fourth-order valence-electron chi connectivity index (χ4n) is 1.85. The van der Waals surface area contributed by atoms with Gasteiger partial charge in [-0.1, -0.05) is 42.1 Å². The fourth-order valence-corrected chi connectivity index (χ4v) is 2.87. The maximum absolute atomic E-state index is 12.4. The van der Waals surface area contributed by atoms with Crippen LogP contribution in [0.4, 0.5) is 4.79 Å². The van der Waals surface area contributed by atoms with Crippen molar-refractivity contribution in [3.63, 3.8) is 0 Å². The molecule has 6 nitrogen and oxygen atoms in total. The van der Waals surface area contributed by atoms with E-state index in [9.17, 15) is 9.59 Å². The lowest BCUT2D eigenvalue weighted by molar-refractivity contribution is -0.119. The molecule has 116 valence electrons. The maximum atomic E-state index is 12.4. The van der Waals surface area contributed by atoms with Crippen LogP contribution in [0.15, 0.2) is 47.9 Å². The van der Waals surface area contributed by atoms with E-state index in [1.807, 2.05) is 48.1 Å². The van der Waals surface area contributed by atoms with Crippen molar-refractivity contribution in [3.05, 3.63) is 48.3 Å². The molecule has 0 fully saturated rings. The molecule has 0 aliphatic rings. The van der Waals surface area contributed by atoms with Crippen LogP contribution in [0, 0.1) is 0 Å². The molecule has 1 aromatic heterocycles. The summed E-state index contributed by atoms with van der Waals surface area (Å²) in [5.74, 6) is -0.370. The first kappa shape index (κ1) is 16.1. The van der Waals surface area contributed by atoms with E-state index in [1.165, 1.54) is 11.8 Å². The Morgan fingerprint density at radius 2 is 2.05 bits per heavy atom. The first-order valence-electron chi connectivity index (χ1n) is 6.89. The number of amides is 3. The van der Waals surface area contributed by atoms with Gasteiger partial charge in [0.2, 0.25) is 5.91 Å². The number of aryl methyl sites for hydroxylation is 1. The average Bonchev–Trinajstić information content (AvgIpc) is 2.91. The van der Waals surface area contributed by atoms with E-state index in [0.717, 1.165) is 5.56 Å². The quantitative estimate of drug-likeness (QED) is 0.828. The van der Waals surface area contributed by atoms with E-state index in [2.05, 4.69) is 15.6 Å². The zero-order valence-corrected chi connectivity index (χ0v) is 13.3. The molecule has 2 aromatic rings. The summed E-state index contributed by atoms with van der Waals surface area (Å²) in [6, 6.07) is 8.83. The van der Waals surface area contributed by atoms with Crippen molar-refractivity contribution < 1.29 is 9.59 Å². The lowest BCUT2D eigenvalue weighted by atomic mass is 10.1. The zero-order valence-electron chi connectivity index (χ0n) is 12.4. The molecule has 0 spiro atoms. The molecule has 1 atom stereocenters. The Kier molecular flexibility index (Phi) is 5.60. The SMILES string of the molecule is CCNC(=O)NC(=O)[C@@H](Sc1nccn1C)c1ccccc1. The molecule has 1 aromatic carbocycles. The number of carbonyl (C=O) groups excluding carboxylic acids is 2. The first-order valence-corrected chi connectivity index (χ1v) is 7.77. The number of imide groups is 1. The number of nitrogens with one attached hydrogen (secondary N) is 2. The van der Waals surface area contributed by atoms with Gasteiger partial charge in [0.1, 0.15) is 5.25 Å². The van der Waals surface area contributed by atoms with Gasteiger partial charge in [0.15, 0.2) is 5.16 Å². The summed E-state index contributed by atoms with van der Waals surface area (Å²) in [5.41, 5.74) is 0.817. The summed E-state index contributed by atoms with van der Waals surface area (Å²) in [6.07, 6.45) is 3.48. The predicted octanol–water partition coefficient (Wildman–Crippen LogP) is 2.10. The summed E-state index contributed by atoms with van der Waals surface area (Å²) in [7, 11) is 1.86. The highest BCUT2D eigenvalue weighted by Gasteiger charge is 2.25. The van der Waals surface area contributed by atoms with Gasteiger partial charge in [-0.05, 0) is 12.5 Å². The van der Waals surface area contributed by atoms with Crippen LogP contribution >= 0.6 is 11.8 Å². The second-order valence-corrected chi connectivity index (χ2v) is 5.65. The van der Waals surface area contributed by atoms with Gasteiger partial charge in [-0.3, -0.25) is 10.1 Å². The summed E-state index contributed by atoms with van der Waals surface area (Å²) in [5, 5.41) is 5.07. The van der Waals surface area contributed by atoms with Gasteiger partial charge in [0.05, 0.1) is 0 Å². The van der Waals surface area contributed by atoms with Crippen LogP contribution in [0.1, 0.15) is 17.7 Å². The summed E-state index contributed by atoms with van der Waals surface area (Å²) in [6.45, 7) is 2.25. The highest BCUT2D eigenvalue weighted by molar-refractivity contribution is 8.00. The highest BCUT2D eigenvalue weighted by Crippen LogP contribution is 2.34. The van der Waals surface area contributed by atoms with E-state index in [4.69, 9.17) is 0 Å². The molecule has 0 saturated heterocycles. The molecule has 22 heavy (non-hydrogen) atoms. The molecule has 3 amide bonds. The van der Waals surface area contributed by atoms with E-state index in [-0.39, 0.29) is 5.91 Å². The first-order chi connectivity index (χ1) is 10.6. The van der Waals surface area contributed by atoms with Gasteiger partial charge in [-0.2, -0.15) is 0 Å². The fraction of sp³-hybridized carbons (Fsp3) is 0.267. The van der Waals surface area contributed by atoms with Crippen LogP contribution in [-0.4, -0.2) is 28.0 Å². The van der Waals surface area contributed by atoms with Crippen LogP contribution in [0.3, 0.4) is 0 Å². The second kappa shape index (κ2) is 7.65. The molecule has 0 bridgehead atoms. The molecule has 0 radical (unpaired) electrons. The number of benzene rings is 1. The molecule has 2 rings (SSSR count). The maximum Gasteiger partial charge on any atom is 0.321 e. The number of hydrogen-bond acceptors (Lipinski definition) is 4. The van der Waals surface area contributed by atoms with Crippen LogP contribution in [0.5, 0.6) is 0 Å². The molecule has 0 saturated carbocycles. The number of hydrogen-bond donors (Lipinski definition) is 2. The van der Waals surface area contributed by atoms with Crippen molar-refractivity contribution >= 4 is 23.7 Å². The lowest BCUT2D eigenvalue weighted by Gasteiger charge is -2.16. The van der Waals surface area contributed by atoms with E-state index in [1.54, 1.807) is 13.1 Å². The average molecular weight is 318 g/mol. The van der Waals surface area contributed by atoms with Crippen LogP contribution in [0.25, 0.3) is 0 Å². The molecular formula is C15H18N4O2S. The zero-order chi connectivity index (χ0) is 15.9. The summed E-state index contributed by atoms with van der Waals surface area (Å²) < 4.78 is 1.83. The topological polar surface area (TPSA) is 76.0 Å². The monoisotopic (exact) mass is 318 g/mol. The number of nitrogens with zero attached hydrogens (tertiary/aromatic N) is 2. The molecule has 2 N–H and O–H groups in total. The number of rotatable bonds is 5. The van der Waals surface area contributed by atoms with Crippen molar-refractivity contribution in [3.8, 4) is 0 Å². The standard InChI is InChI=1S/C15H18N4O2S/c1-3-16-14(21)18-13(20)12(11-7-5-4-6-8-11)22-15-17-9-10-19(15)2/h4-10,12H,3H2,1-2H3,(H2,16,18,20,21)/t12-/m0/s1. The Hall–Kier alpha value is -2.28. The van der Waals surface area contributed by atoms with Crippen LogP contribution in [-0.2, 0) is 11.8 Å². The molecule has 0 unspecified atom stereocenters. The third-order valence-electron chi connectivity index (χ3n) is 2.91. The molecule has 0 aliphatic carbocycles. The van der Waals surface area contributed by atoms with Gasteiger partial charge >= 0.3 is 6.03 Å². The number of imidazole rings is 1. The number of urea groups is 1. The minimum absolute atomic E-state index is 0.370. The van der Waals surface area contributed by atoms with Gasteiger partial charge in [-0.25, -0.2) is 9.78 Å². The van der Waals surface area contributed by atoms with Gasteiger partial charge in [-0.15, -0.1) is 0 Å². The summed E-state index contributed by atoms with van der Waals surface area (Å²) >= 11 is 1.30. The predicted molar refractivity (Wildman–Crippen MR) is 85.5 cm³/mol. The number of aromatic nitrogens is 2. The number of thioether (sulfide) groups is 1. The van der Waals surface area contributed by atoms with E-state index in [0.29, 0.717) is 11.7 Å². The van der Waals surface area contributed by atoms with Gasteiger partial charge in [0, 0.05) is 26.0 Å². The minimum atomic E-state index is -0.551. The normalized spacial score (nSPS) is 11.7. The Balaban J connectivity index is 2.20. The third kappa shape index (κ3) is 4.11. The van der Waals surface area contributed by atoms with Crippen LogP contribution < -0.4 is 10.6 Å². The van der Waals surface area contributed by atoms with Crippen LogP contribution in [0.2, 0.25) is 0 Å². The molecule has 0 aliphatic heterocycles. The molecule has 7 heteroatoms. The van der Waals surface area contributed by atoms with Crippen molar-refractivity contribution in [1.82, 2.24) is 20.2 Å². The minimum Gasteiger partial charge on any atom is -0.338 e. The summed E-state index contributed by atoms with van der Waals surface area (Å²) in [4.78, 5) is 28.2.